The first-order valence-corrected chi connectivity index (χ1v) is 5.83. The molecule has 1 unspecified atom stereocenters. The maximum atomic E-state index is 2.49. The number of benzene rings is 1. The summed E-state index contributed by atoms with van der Waals surface area (Å²) in [7, 11) is 0. The molecule has 0 aromatic heterocycles. The molecule has 2 rings (SSSR count). The van der Waals surface area contributed by atoms with E-state index in [-0.39, 0.29) is 0 Å². The third-order valence-electron chi connectivity index (χ3n) is 3.04. The van der Waals surface area contributed by atoms with Crippen molar-refractivity contribution in [2.75, 3.05) is 18.0 Å². The molecule has 1 aromatic rings. The fourth-order valence-electron chi connectivity index (χ4n) is 2.31. The molecule has 1 saturated heterocycles. The van der Waals surface area contributed by atoms with Crippen molar-refractivity contribution in [3.8, 4) is 0 Å². The molecule has 1 aromatic carbocycles. The lowest BCUT2D eigenvalue weighted by Gasteiger charge is -2.33. The highest BCUT2D eigenvalue weighted by atomic mass is 15.1. The fourth-order valence-corrected chi connectivity index (χ4v) is 2.31. The van der Waals surface area contributed by atoms with E-state index in [1.807, 2.05) is 0 Å². The molecule has 1 atom stereocenters. The molecule has 1 aliphatic heterocycles. The number of anilines is 1. The second kappa shape index (κ2) is 5.01. The molecule has 1 nitrogen and oxygen atoms in total. The Balaban J connectivity index is 2.04. The van der Waals surface area contributed by atoms with Gasteiger partial charge in [-0.05, 0) is 37.8 Å². The topological polar surface area (TPSA) is 3.24 Å². The van der Waals surface area contributed by atoms with E-state index in [4.69, 9.17) is 0 Å². The third-order valence-corrected chi connectivity index (χ3v) is 3.04. The summed E-state index contributed by atoms with van der Waals surface area (Å²) in [6, 6.07) is 10.7. The van der Waals surface area contributed by atoms with Crippen molar-refractivity contribution in [2.24, 2.45) is 5.92 Å². The van der Waals surface area contributed by atoms with E-state index >= 15 is 0 Å². The predicted octanol–water partition coefficient (Wildman–Crippen LogP) is 3.48. The maximum Gasteiger partial charge on any atom is 0.0366 e. The molecule has 0 bridgehead atoms. The number of nitrogens with zero attached hydrogens (tertiary/aromatic N) is 1. The second-order valence-corrected chi connectivity index (χ2v) is 4.21. The van der Waals surface area contributed by atoms with Crippen LogP contribution in [-0.2, 0) is 0 Å². The summed E-state index contributed by atoms with van der Waals surface area (Å²) < 4.78 is 0. The van der Waals surface area contributed by atoms with Crippen molar-refractivity contribution in [3.05, 3.63) is 42.5 Å². The van der Waals surface area contributed by atoms with Crippen LogP contribution in [0.5, 0.6) is 0 Å². The van der Waals surface area contributed by atoms with Gasteiger partial charge in [0, 0.05) is 18.8 Å². The number of hydrogen-bond acceptors (Lipinski definition) is 1. The first-order chi connectivity index (χ1) is 7.40. The summed E-state index contributed by atoms with van der Waals surface area (Å²) in [5.41, 5.74) is 1.37. The van der Waals surface area contributed by atoms with E-state index in [2.05, 4.69) is 54.3 Å². The van der Waals surface area contributed by atoms with Gasteiger partial charge in [-0.3, -0.25) is 0 Å². The quantitative estimate of drug-likeness (QED) is 0.662. The van der Waals surface area contributed by atoms with Crippen molar-refractivity contribution in [2.45, 2.75) is 19.8 Å². The van der Waals surface area contributed by atoms with Crippen LogP contribution in [0.15, 0.2) is 42.5 Å². The van der Waals surface area contributed by atoms with E-state index in [1.54, 1.807) is 0 Å². The highest BCUT2D eigenvalue weighted by Crippen LogP contribution is 2.23. The van der Waals surface area contributed by atoms with Crippen molar-refractivity contribution < 1.29 is 0 Å². The lowest BCUT2D eigenvalue weighted by Crippen LogP contribution is -2.34. The Morgan fingerprint density at radius 2 is 2.07 bits per heavy atom. The Bertz CT molecular complexity index is 315. The van der Waals surface area contributed by atoms with E-state index < -0.39 is 0 Å². The molecule has 0 N–H and O–H groups in total. The molecule has 1 heterocycles. The van der Waals surface area contributed by atoms with Gasteiger partial charge in [0.1, 0.15) is 0 Å². The SMILES string of the molecule is C/C=C\C1CCCN(c2ccccc2)C1. The zero-order chi connectivity index (χ0) is 10.5. The monoisotopic (exact) mass is 201 g/mol. The highest BCUT2D eigenvalue weighted by molar-refractivity contribution is 5.46. The average molecular weight is 201 g/mol. The number of para-hydroxylation sites is 1. The highest BCUT2D eigenvalue weighted by Gasteiger charge is 2.17. The fraction of sp³-hybridized carbons (Fsp3) is 0.429. The number of rotatable bonds is 2. The zero-order valence-electron chi connectivity index (χ0n) is 9.39. The smallest absolute Gasteiger partial charge is 0.0366 e. The van der Waals surface area contributed by atoms with Crippen LogP contribution in [0.1, 0.15) is 19.8 Å². The van der Waals surface area contributed by atoms with Gasteiger partial charge in [0.15, 0.2) is 0 Å². The van der Waals surface area contributed by atoms with Gasteiger partial charge in [0.2, 0.25) is 0 Å². The van der Waals surface area contributed by atoms with Crippen LogP contribution in [0, 0.1) is 5.92 Å². The molecule has 1 aliphatic rings. The van der Waals surface area contributed by atoms with Crippen LogP contribution < -0.4 is 4.90 Å². The van der Waals surface area contributed by atoms with Gasteiger partial charge in [0.05, 0.1) is 0 Å². The molecular formula is C14H19N. The van der Waals surface area contributed by atoms with E-state index in [0.29, 0.717) is 0 Å². The van der Waals surface area contributed by atoms with Crippen LogP contribution in [-0.4, -0.2) is 13.1 Å². The van der Waals surface area contributed by atoms with Crippen LogP contribution in [0.25, 0.3) is 0 Å². The summed E-state index contributed by atoms with van der Waals surface area (Å²) in [6.07, 6.45) is 7.17. The summed E-state index contributed by atoms with van der Waals surface area (Å²) >= 11 is 0. The lowest BCUT2D eigenvalue weighted by molar-refractivity contribution is 0.485. The molecule has 0 aliphatic carbocycles. The molecule has 0 spiro atoms. The van der Waals surface area contributed by atoms with Crippen LogP contribution in [0.3, 0.4) is 0 Å². The third kappa shape index (κ3) is 2.62. The number of piperidine rings is 1. The average Bonchev–Trinajstić information content (AvgIpc) is 2.31. The Kier molecular flexibility index (Phi) is 3.44. The second-order valence-electron chi connectivity index (χ2n) is 4.21. The van der Waals surface area contributed by atoms with E-state index in [1.165, 1.54) is 31.6 Å². The zero-order valence-corrected chi connectivity index (χ0v) is 9.39. The summed E-state index contributed by atoms with van der Waals surface area (Å²) in [5.74, 6) is 0.740. The van der Waals surface area contributed by atoms with Gasteiger partial charge in [-0.1, -0.05) is 30.4 Å². The Hall–Kier alpha value is -1.24. The molecule has 1 fully saturated rings. The molecule has 0 saturated carbocycles. The Morgan fingerprint density at radius 3 is 2.80 bits per heavy atom. The molecule has 1 heteroatoms. The Labute approximate surface area is 92.4 Å². The van der Waals surface area contributed by atoms with Gasteiger partial charge < -0.3 is 4.90 Å². The van der Waals surface area contributed by atoms with Gasteiger partial charge in [0.25, 0.3) is 0 Å². The molecule has 80 valence electrons. The summed E-state index contributed by atoms with van der Waals surface area (Å²) in [5, 5.41) is 0. The first kappa shape index (κ1) is 10.3. The van der Waals surface area contributed by atoms with E-state index in [9.17, 15) is 0 Å². The Morgan fingerprint density at radius 1 is 1.27 bits per heavy atom. The minimum Gasteiger partial charge on any atom is -0.371 e. The van der Waals surface area contributed by atoms with Crippen LogP contribution >= 0.6 is 0 Å². The van der Waals surface area contributed by atoms with Gasteiger partial charge in [-0.25, -0.2) is 0 Å². The lowest BCUT2D eigenvalue weighted by atomic mass is 9.97. The summed E-state index contributed by atoms with van der Waals surface area (Å²) in [4.78, 5) is 2.49. The maximum absolute atomic E-state index is 2.49. The normalized spacial score (nSPS) is 22.2. The van der Waals surface area contributed by atoms with Crippen molar-refractivity contribution >= 4 is 5.69 Å². The van der Waals surface area contributed by atoms with Crippen molar-refractivity contribution in [1.82, 2.24) is 0 Å². The first-order valence-electron chi connectivity index (χ1n) is 5.83. The number of allylic oxidation sites excluding steroid dienone is 1. The minimum atomic E-state index is 0.740. The summed E-state index contributed by atoms with van der Waals surface area (Å²) in [6.45, 7) is 4.49. The molecule has 0 radical (unpaired) electrons. The molecule has 0 amide bonds. The van der Waals surface area contributed by atoms with Crippen molar-refractivity contribution in [3.63, 3.8) is 0 Å². The van der Waals surface area contributed by atoms with Gasteiger partial charge >= 0.3 is 0 Å². The molecular weight excluding hydrogens is 182 g/mol. The largest absolute Gasteiger partial charge is 0.371 e. The van der Waals surface area contributed by atoms with Gasteiger partial charge in [-0.2, -0.15) is 0 Å². The van der Waals surface area contributed by atoms with Gasteiger partial charge in [-0.15, -0.1) is 0 Å². The molecule has 15 heavy (non-hydrogen) atoms. The predicted molar refractivity (Wildman–Crippen MR) is 66.2 cm³/mol. The van der Waals surface area contributed by atoms with Crippen LogP contribution in [0.4, 0.5) is 5.69 Å². The van der Waals surface area contributed by atoms with Crippen molar-refractivity contribution in [1.29, 1.82) is 0 Å². The van der Waals surface area contributed by atoms with Crippen LogP contribution in [0.2, 0.25) is 0 Å². The van der Waals surface area contributed by atoms with E-state index in [0.717, 1.165) is 5.92 Å². The standard InChI is InChI=1S/C14H19N/c1-2-7-13-8-6-11-15(12-13)14-9-4-3-5-10-14/h2-5,7,9-10,13H,6,8,11-12H2,1H3/b7-2-. The number of hydrogen-bond donors (Lipinski definition) is 0. The minimum absolute atomic E-state index is 0.740.